The first-order valence-electron chi connectivity index (χ1n) is 6.48. The van der Waals surface area contributed by atoms with E-state index in [0.717, 1.165) is 5.69 Å². The van der Waals surface area contributed by atoms with Crippen molar-refractivity contribution in [2.75, 3.05) is 17.7 Å². The van der Waals surface area contributed by atoms with Gasteiger partial charge in [-0.05, 0) is 31.0 Å². The van der Waals surface area contributed by atoms with E-state index < -0.39 is 0 Å². The van der Waals surface area contributed by atoms with Crippen LogP contribution in [0.15, 0.2) is 24.3 Å². The first kappa shape index (κ1) is 13.0. The number of hydrogen-bond acceptors (Lipinski definition) is 5. The fourth-order valence-electron chi connectivity index (χ4n) is 1.98. The highest BCUT2D eigenvalue weighted by molar-refractivity contribution is 6.30. The molecule has 1 aromatic heterocycles. The predicted molar refractivity (Wildman–Crippen MR) is 80.0 cm³/mol. The minimum atomic E-state index is 0.131. The van der Waals surface area contributed by atoms with Crippen LogP contribution in [0.1, 0.15) is 24.5 Å². The quantitative estimate of drug-likeness (QED) is 0.752. The molecule has 0 amide bonds. The normalized spacial score (nSPS) is 14.1. The Morgan fingerprint density at radius 1 is 1.25 bits per heavy atom. The van der Waals surface area contributed by atoms with Gasteiger partial charge >= 0.3 is 0 Å². The molecule has 1 heterocycles. The van der Waals surface area contributed by atoms with Gasteiger partial charge in [0.25, 0.3) is 0 Å². The van der Waals surface area contributed by atoms with Crippen molar-refractivity contribution in [3.05, 3.63) is 35.0 Å². The summed E-state index contributed by atoms with van der Waals surface area (Å²) in [6.45, 7) is 0. The number of phenols is 1. The van der Waals surface area contributed by atoms with Crippen LogP contribution in [0, 0.1) is 0 Å². The lowest BCUT2D eigenvalue weighted by atomic mass is 10.2. The van der Waals surface area contributed by atoms with Crippen molar-refractivity contribution >= 4 is 29.1 Å². The summed E-state index contributed by atoms with van der Waals surface area (Å²) in [5.41, 5.74) is 1.55. The Morgan fingerprint density at radius 3 is 2.75 bits per heavy atom. The highest BCUT2D eigenvalue weighted by Gasteiger charge is 2.26. The topological polar surface area (TPSA) is 70.1 Å². The summed E-state index contributed by atoms with van der Waals surface area (Å²) in [4.78, 5) is 8.79. The Morgan fingerprint density at radius 2 is 2.05 bits per heavy atom. The fraction of sp³-hybridized carbons (Fsp3) is 0.286. The molecule has 1 aliphatic rings. The zero-order valence-corrected chi connectivity index (χ0v) is 11.8. The number of nitrogens with zero attached hydrogens (tertiary/aromatic N) is 2. The summed E-state index contributed by atoms with van der Waals surface area (Å²) in [5.74, 6) is 1.87. The van der Waals surface area contributed by atoms with Crippen LogP contribution in [0.3, 0.4) is 0 Å². The van der Waals surface area contributed by atoms with Crippen molar-refractivity contribution in [1.82, 2.24) is 9.97 Å². The summed E-state index contributed by atoms with van der Waals surface area (Å²) >= 11 is 5.94. The molecule has 104 valence electrons. The Hall–Kier alpha value is -2.01. The third kappa shape index (κ3) is 2.77. The van der Waals surface area contributed by atoms with Gasteiger partial charge in [-0.2, -0.15) is 4.98 Å². The summed E-state index contributed by atoms with van der Waals surface area (Å²) < 4.78 is 0. The summed E-state index contributed by atoms with van der Waals surface area (Å²) in [6.07, 6.45) is 2.34. The van der Waals surface area contributed by atoms with Gasteiger partial charge in [-0.1, -0.05) is 11.6 Å². The lowest BCUT2D eigenvalue weighted by Gasteiger charge is -2.11. The van der Waals surface area contributed by atoms with Crippen molar-refractivity contribution in [2.45, 2.75) is 18.8 Å². The average molecular weight is 291 g/mol. The molecule has 5 nitrogen and oxygen atoms in total. The molecule has 1 aliphatic carbocycles. The number of nitrogens with one attached hydrogen (secondary N) is 2. The molecule has 3 N–H and O–H groups in total. The first-order valence-corrected chi connectivity index (χ1v) is 6.86. The number of anilines is 3. The molecule has 2 aromatic rings. The predicted octanol–water partition coefficient (Wildman–Crippen LogP) is 3.50. The van der Waals surface area contributed by atoms with E-state index in [9.17, 15) is 5.11 Å². The van der Waals surface area contributed by atoms with E-state index in [1.54, 1.807) is 25.2 Å². The molecule has 20 heavy (non-hydrogen) atoms. The Kier molecular flexibility index (Phi) is 3.36. The summed E-state index contributed by atoms with van der Waals surface area (Å²) in [7, 11) is 1.78. The molecular formula is C14H15ClN4O. The smallest absolute Gasteiger partial charge is 0.224 e. The van der Waals surface area contributed by atoms with Crippen LogP contribution < -0.4 is 10.6 Å². The van der Waals surface area contributed by atoms with E-state index in [1.165, 1.54) is 12.8 Å². The summed E-state index contributed by atoms with van der Waals surface area (Å²) in [6, 6.07) is 6.76. The number of aromatic hydroxyl groups is 1. The largest absolute Gasteiger partial charge is 0.506 e. The molecule has 1 saturated carbocycles. The number of halogens is 1. The second-order valence-electron chi connectivity index (χ2n) is 4.81. The van der Waals surface area contributed by atoms with E-state index in [-0.39, 0.29) is 5.75 Å². The molecule has 0 bridgehead atoms. The van der Waals surface area contributed by atoms with Crippen molar-refractivity contribution in [3.8, 4) is 5.75 Å². The summed E-state index contributed by atoms with van der Waals surface area (Å²) in [5, 5.41) is 16.4. The van der Waals surface area contributed by atoms with Crippen LogP contribution in [-0.2, 0) is 0 Å². The van der Waals surface area contributed by atoms with E-state index >= 15 is 0 Å². The van der Waals surface area contributed by atoms with Crippen molar-refractivity contribution in [3.63, 3.8) is 0 Å². The SMILES string of the molecule is CNc1nc(Nc2cc(Cl)ccc2O)cc(C2CC2)n1. The van der Waals surface area contributed by atoms with E-state index in [1.807, 2.05) is 6.07 Å². The Bertz CT molecular complexity index is 643. The number of aromatic nitrogens is 2. The monoisotopic (exact) mass is 290 g/mol. The number of hydrogen-bond donors (Lipinski definition) is 3. The van der Waals surface area contributed by atoms with Crippen LogP contribution in [0.4, 0.5) is 17.5 Å². The van der Waals surface area contributed by atoms with Crippen LogP contribution >= 0.6 is 11.6 Å². The number of benzene rings is 1. The van der Waals surface area contributed by atoms with Crippen LogP contribution in [0.2, 0.25) is 5.02 Å². The average Bonchev–Trinajstić information content (AvgIpc) is 3.27. The van der Waals surface area contributed by atoms with Crippen LogP contribution in [0.5, 0.6) is 5.75 Å². The van der Waals surface area contributed by atoms with Crippen molar-refractivity contribution < 1.29 is 5.11 Å². The van der Waals surface area contributed by atoms with E-state index in [4.69, 9.17) is 11.6 Å². The van der Waals surface area contributed by atoms with Crippen molar-refractivity contribution in [1.29, 1.82) is 0 Å². The molecule has 0 saturated heterocycles. The second kappa shape index (κ2) is 5.17. The molecule has 1 fully saturated rings. The third-order valence-corrected chi connectivity index (χ3v) is 3.42. The van der Waals surface area contributed by atoms with E-state index in [0.29, 0.717) is 28.4 Å². The maximum Gasteiger partial charge on any atom is 0.224 e. The van der Waals surface area contributed by atoms with Gasteiger partial charge in [0.1, 0.15) is 11.6 Å². The molecule has 0 atom stereocenters. The van der Waals surface area contributed by atoms with Gasteiger partial charge < -0.3 is 15.7 Å². The molecule has 3 rings (SSSR count). The molecule has 0 spiro atoms. The van der Waals surface area contributed by atoms with Crippen molar-refractivity contribution in [2.24, 2.45) is 0 Å². The second-order valence-corrected chi connectivity index (χ2v) is 5.25. The molecule has 1 aromatic carbocycles. The van der Waals surface area contributed by atoms with Crippen LogP contribution in [0.25, 0.3) is 0 Å². The number of phenolic OH excluding ortho intramolecular Hbond substituents is 1. The van der Waals surface area contributed by atoms with Gasteiger partial charge in [-0.3, -0.25) is 0 Å². The fourth-order valence-corrected chi connectivity index (χ4v) is 2.15. The standard InChI is InChI=1S/C14H15ClN4O/c1-16-14-18-10(8-2-3-8)7-13(19-14)17-11-6-9(15)4-5-12(11)20/h4-8,20H,2-3H2,1H3,(H2,16,17,18,19). The van der Waals surface area contributed by atoms with E-state index in [2.05, 4.69) is 20.6 Å². The third-order valence-electron chi connectivity index (χ3n) is 3.19. The molecule has 6 heteroatoms. The maximum absolute atomic E-state index is 9.83. The lowest BCUT2D eigenvalue weighted by Crippen LogP contribution is -2.03. The lowest BCUT2D eigenvalue weighted by molar-refractivity contribution is 0.477. The van der Waals surface area contributed by atoms with Gasteiger partial charge in [0, 0.05) is 24.1 Å². The Labute approximate surface area is 122 Å². The van der Waals surface area contributed by atoms with Crippen LogP contribution in [-0.4, -0.2) is 22.1 Å². The molecule has 0 aliphatic heterocycles. The highest BCUT2D eigenvalue weighted by Crippen LogP contribution is 2.40. The van der Waals surface area contributed by atoms with Gasteiger partial charge in [-0.15, -0.1) is 0 Å². The van der Waals surface area contributed by atoms with Gasteiger partial charge in [0.2, 0.25) is 5.95 Å². The van der Waals surface area contributed by atoms with Gasteiger partial charge in [-0.25, -0.2) is 4.98 Å². The number of rotatable bonds is 4. The molecular weight excluding hydrogens is 276 g/mol. The maximum atomic E-state index is 9.83. The zero-order valence-electron chi connectivity index (χ0n) is 11.0. The minimum absolute atomic E-state index is 0.131. The molecule has 0 radical (unpaired) electrons. The first-order chi connectivity index (χ1) is 9.65. The van der Waals surface area contributed by atoms with Gasteiger partial charge in [0.15, 0.2) is 0 Å². The Balaban J connectivity index is 1.93. The molecule has 0 unspecified atom stereocenters. The minimum Gasteiger partial charge on any atom is -0.506 e. The zero-order chi connectivity index (χ0) is 14.1. The highest BCUT2D eigenvalue weighted by atomic mass is 35.5. The van der Waals surface area contributed by atoms with Gasteiger partial charge in [0.05, 0.1) is 11.4 Å².